The molecule has 1 fully saturated rings. The second kappa shape index (κ2) is 8.09. The Morgan fingerprint density at radius 2 is 1.96 bits per heavy atom. The van der Waals surface area contributed by atoms with Crippen LogP contribution in [-0.4, -0.2) is 62.5 Å². The molecule has 1 aromatic carbocycles. The summed E-state index contributed by atoms with van der Waals surface area (Å²) in [6, 6.07) is 6.02. The maximum atomic E-state index is 12.4. The first kappa shape index (κ1) is 18.9. The highest BCUT2D eigenvalue weighted by molar-refractivity contribution is 7.88. The van der Waals surface area contributed by atoms with Crippen LogP contribution in [0.2, 0.25) is 0 Å². The number of nitrogens with one attached hydrogen (secondary N) is 1. The van der Waals surface area contributed by atoms with Gasteiger partial charge in [0.1, 0.15) is 0 Å². The van der Waals surface area contributed by atoms with Crippen molar-refractivity contribution in [2.24, 2.45) is 0 Å². The molecule has 1 aliphatic heterocycles. The Labute approximate surface area is 144 Å². The summed E-state index contributed by atoms with van der Waals surface area (Å²) in [7, 11) is -3.16. The fourth-order valence-electron chi connectivity index (χ4n) is 3.02. The van der Waals surface area contributed by atoms with Crippen LogP contribution in [-0.2, 0) is 21.2 Å². The second-order valence-corrected chi connectivity index (χ2v) is 8.28. The predicted molar refractivity (Wildman–Crippen MR) is 96.7 cm³/mol. The number of benzene rings is 1. The number of carbonyl (C=O) groups excluding carboxylic acids is 1. The highest BCUT2D eigenvalue weighted by Gasteiger charge is 2.22. The molecule has 1 heterocycles. The molecule has 7 heteroatoms. The van der Waals surface area contributed by atoms with Crippen LogP contribution in [0.4, 0.5) is 5.69 Å². The quantitative estimate of drug-likeness (QED) is 0.870. The van der Waals surface area contributed by atoms with Gasteiger partial charge >= 0.3 is 0 Å². The van der Waals surface area contributed by atoms with Crippen molar-refractivity contribution in [2.75, 3.05) is 44.3 Å². The minimum atomic E-state index is -3.16. The van der Waals surface area contributed by atoms with Gasteiger partial charge < -0.3 is 5.32 Å². The summed E-state index contributed by atoms with van der Waals surface area (Å²) in [4.78, 5) is 14.4. The van der Waals surface area contributed by atoms with Gasteiger partial charge in [-0.3, -0.25) is 9.69 Å². The number of rotatable bonds is 5. The van der Waals surface area contributed by atoms with E-state index in [4.69, 9.17) is 0 Å². The van der Waals surface area contributed by atoms with Crippen molar-refractivity contribution in [3.63, 3.8) is 0 Å². The number of para-hydroxylation sites is 1. The molecule has 0 aliphatic carbocycles. The van der Waals surface area contributed by atoms with Crippen LogP contribution in [0.3, 0.4) is 0 Å². The van der Waals surface area contributed by atoms with Gasteiger partial charge in [0.15, 0.2) is 0 Å². The van der Waals surface area contributed by atoms with Crippen molar-refractivity contribution in [1.29, 1.82) is 0 Å². The lowest BCUT2D eigenvalue weighted by Gasteiger charge is -2.21. The predicted octanol–water partition coefficient (Wildman–Crippen LogP) is 1.46. The van der Waals surface area contributed by atoms with Gasteiger partial charge in [0.05, 0.1) is 12.8 Å². The Balaban J connectivity index is 1.96. The third-order valence-corrected chi connectivity index (χ3v) is 5.69. The van der Waals surface area contributed by atoms with E-state index < -0.39 is 10.0 Å². The second-order valence-electron chi connectivity index (χ2n) is 6.30. The van der Waals surface area contributed by atoms with Crippen LogP contribution in [0.25, 0.3) is 0 Å². The average Bonchev–Trinajstić information content (AvgIpc) is 2.74. The topological polar surface area (TPSA) is 69.7 Å². The molecular formula is C17H27N3O3S. The zero-order chi connectivity index (χ0) is 17.7. The van der Waals surface area contributed by atoms with E-state index in [1.807, 2.05) is 30.0 Å². The fourth-order valence-corrected chi connectivity index (χ4v) is 3.90. The van der Waals surface area contributed by atoms with E-state index in [2.05, 4.69) is 12.2 Å². The van der Waals surface area contributed by atoms with Gasteiger partial charge in [-0.1, -0.05) is 25.1 Å². The molecule has 1 amide bonds. The lowest BCUT2D eigenvalue weighted by atomic mass is 10.1. The molecule has 134 valence electrons. The number of nitrogens with zero attached hydrogens (tertiary/aromatic N) is 2. The van der Waals surface area contributed by atoms with Crippen LogP contribution in [0.15, 0.2) is 18.2 Å². The molecule has 1 saturated heterocycles. The number of hydrogen-bond acceptors (Lipinski definition) is 4. The first-order valence-corrected chi connectivity index (χ1v) is 10.2. The summed E-state index contributed by atoms with van der Waals surface area (Å²) in [5.41, 5.74) is 3.09. The van der Waals surface area contributed by atoms with Gasteiger partial charge in [0, 0.05) is 25.3 Å². The average molecular weight is 353 g/mol. The molecule has 6 nitrogen and oxygen atoms in total. The Morgan fingerprint density at radius 3 is 2.62 bits per heavy atom. The summed E-state index contributed by atoms with van der Waals surface area (Å²) in [6.07, 6.45) is 2.84. The zero-order valence-corrected chi connectivity index (χ0v) is 15.5. The van der Waals surface area contributed by atoms with Crippen LogP contribution >= 0.6 is 0 Å². The minimum Gasteiger partial charge on any atom is -0.324 e. The van der Waals surface area contributed by atoms with E-state index in [9.17, 15) is 13.2 Å². The van der Waals surface area contributed by atoms with E-state index in [0.29, 0.717) is 19.6 Å². The third kappa shape index (κ3) is 5.03. The lowest BCUT2D eigenvalue weighted by molar-refractivity contribution is -0.117. The number of amides is 1. The van der Waals surface area contributed by atoms with Crippen molar-refractivity contribution >= 4 is 21.6 Å². The zero-order valence-electron chi connectivity index (χ0n) is 14.7. The fraction of sp³-hybridized carbons (Fsp3) is 0.588. The van der Waals surface area contributed by atoms with E-state index in [1.54, 1.807) is 0 Å². The van der Waals surface area contributed by atoms with Gasteiger partial charge in [-0.25, -0.2) is 12.7 Å². The third-order valence-electron chi connectivity index (χ3n) is 4.39. The highest BCUT2D eigenvalue weighted by Crippen LogP contribution is 2.21. The number of sulfonamides is 1. The maximum absolute atomic E-state index is 12.4. The molecule has 0 unspecified atom stereocenters. The largest absolute Gasteiger partial charge is 0.324 e. The molecule has 1 N–H and O–H groups in total. The number of aryl methyl sites for hydroxylation is 2. The van der Waals surface area contributed by atoms with E-state index in [-0.39, 0.29) is 12.5 Å². The maximum Gasteiger partial charge on any atom is 0.238 e. The lowest BCUT2D eigenvalue weighted by Crippen LogP contribution is -2.37. The smallest absolute Gasteiger partial charge is 0.238 e. The molecule has 1 aromatic rings. The summed E-state index contributed by atoms with van der Waals surface area (Å²) in [6.45, 7) is 6.62. The molecule has 0 bridgehead atoms. The monoisotopic (exact) mass is 353 g/mol. The molecular weight excluding hydrogens is 326 g/mol. The SMILES string of the molecule is CCc1cccc(C)c1NC(=O)CN1CCCN(S(C)(=O)=O)CC1. The van der Waals surface area contributed by atoms with Crippen molar-refractivity contribution in [3.05, 3.63) is 29.3 Å². The number of hydrogen-bond donors (Lipinski definition) is 1. The first-order valence-electron chi connectivity index (χ1n) is 8.37. The molecule has 0 aromatic heterocycles. The standard InChI is InChI=1S/C17H27N3O3S/c1-4-15-8-5-7-14(2)17(15)18-16(21)13-19-9-6-10-20(12-11-19)24(3,22)23/h5,7-8H,4,6,9-13H2,1-3H3,(H,18,21). The van der Waals surface area contributed by atoms with Gasteiger partial charge in [0.25, 0.3) is 0 Å². The summed E-state index contributed by atoms with van der Waals surface area (Å²) >= 11 is 0. The molecule has 1 aliphatic rings. The molecule has 2 rings (SSSR count). The highest BCUT2D eigenvalue weighted by atomic mass is 32.2. The molecule has 0 atom stereocenters. The van der Waals surface area contributed by atoms with Crippen LogP contribution < -0.4 is 5.32 Å². The normalized spacial score (nSPS) is 17.5. The Kier molecular flexibility index (Phi) is 6.37. The molecule has 0 saturated carbocycles. The molecule has 24 heavy (non-hydrogen) atoms. The Hall–Kier alpha value is -1.44. The van der Waals surface area contributed by atoms with Gasteiger partial charge in [0.2, 0.25) is 15.9 Å². The molecule has 0 radical (unpaired) electrons. The summed E-state index contributed by atoms with van der Waals surface area (Å²) in [5, 5.41) is 3.03. The first-order chi connectivity index (χ1) is 11.3. The molecule has 0 spiro atoms. The minimum absolute atomic E-state index is 0.0493. The van der Waals surface area contributed by atoms with E-state index >= 15 is 0 Å². The van der Waals surface area contributed by atoms with E-state index in [1.165, 1.54) is 10.6 Å². The van der Waals surface area contributed by atoms with Crippen LogP contribution in [0.1, 0.15) is 24.5 Å². The van der Waals surface area contributed by atoms with Crippen molar-refractivity contribution in [2.45, 2.75) is 26.7 Å². The summed E-state index contributed by atoms with van der Waals surface area (Å²) < 4.78 is 24.8. The Morgan fingerprint density at radius 1 is 1.21 bits per heavy atom. The van der Waals surface area contributed by atoms with Crippen molar-refractivity contribution in [1.82, 2.24) is 9.21 Å². The number of carbonyl (C=O) groups is 1. The Bertz CT molecular complexity index is 688. The van der Waals surface area contributed by atoms with Crippen molar-refractivity contribution < 1.29 is 13.2 Å². The van der Waals surface area contributed by atoms with Gasteiger partial charge in [-0.2, -0.15) is 0 Å². The van der Waals surface area contributed by atoms with Crippen LogP contribution in [0, 0.1) is 6.92 Å². The van der Waals surface area contributed by atoms with Crippen molar-refractivity contribution in [3.8, 4) is 0 Å². The number of anilines is 1. The van der Waals surface area contributed by atoms with Gasteiger partial charge in [-0.05, 0) is 37.4 Å². The van der Waals surface area contributed by atoms with Gasteiger partial charge in [-0.15, -0.1) is 0 Å². The van der Waals surface area contributed by atoms with E-state index in [0.717, 1.165) is 36.2 Å². The summed E-state index contributed by atoms with van der Waals surface area (Å²) in [5.74, 6) is -0.0493. The van der Waals surface area contributed by atoms with Crippen LogP contribution in [0.5, 0.6) is 0 Å².